The number of aromatic hydroxyl groups is 6. The Kier molecular flexibility index (Phi) is 7.86. The van der Waals surface area contributed by atoms with E-state index < -0.39 is 94.2 Å². The molecule has 0 aromatic heterocycles. The van der Waals surface area contributed by atoms with Crippen molar-refractivity contribution in [3.8, 4) is 34.5 Å². The molecule has 0 unspecified atom stereocenters. The van der Waals surface area contributed by atoms with Crippen LogP contribution < -0.4 is 0 Å². The molecule has 0 radical (unpaired) electrons. The molecule has 14 heteroatoms. The summed E-state index contributed by atoms with van der Waals surface area (Å²) in [5.74, 6) is -10.5. The fraction of sp³-hybridized carbons (Fsp3) is 0.250. The zero-order valence-electron chi connectivity index (χ0n) is 16.9. The number of hydrogen-bond donors (Lipinski definition) is 10. The maximum atomic E-state index is 12.3. The number of phenols is 6. The van der Waals surface area contributed by atoms with E-state index in [0.29, 0.717) is 24.3 Å². The topological polar surface area (TPSA) is 263 Å². The molecule has 10 N–H and O–H groups in total. The van der Waals surface area contributed by atoms with Crippen LogP contribution in [0.3, 0.4) is 0 Å². The van der Waals surface area contributed by atoms with Crippen LogP contribution in [0.15, 0.2) is 24.3 Å². The monoisotopic (exact) mass is 484 g/mol. The Labute approximate surface area is 189 Å². The van der Waals surface area contributed by atoms with E-state index in [-0.39, 0.29) is 0 Å². The summed E-state index contributed by atoms with van der Waals surface area (Å²) >= 11 is 0. The van der Waals surface area contributed by atoms with Crippen molar-refractivity contribution in [3.63, 3.8) is 0 Å². The van der Waals surface area contributed by atoms with Crippen molar-refractivity contribution in [2.24, 2.45) is 0 Å². The van der Waals surface area contributed by atoms with Gasteiger partial charge < -0.3 is 55.8 Å². The summed E-state index contributed by atoms with van der Waals surface area (Å²) in [6.07, 6.45) is -9.51. The van der Waals surface area contributed by atoms with Gasteiger partial charge in [0, 0.05) is 5.56 Å². The van der Waals surface area contributed by atoms with Crippen LogP contribution in [0.4, 0.5) is 0 Å². The first kappa shape index (κ1) is 26.1. The second kappa shape index (κ2) is 10.2. The van der Waals surface area contributed by atoms with Gasteiger partial charge in [-0.25, -0.2) is 4.79 Å². The molecular weight excluding hydrogens is 464 g/mol. The molecular formula is C20H20O14. The number of benzene rings is 2. The molecule has 2 aromatic carbocycles. The van der Waals surface area contributed by atoms with Crippen LogP contribution in [0.1, 0.15) is 20.7 Å². The number of carbonyl (C=O) groups excluding carboxylic acids is 3. The van der Waals surface area contributed by atoms with E-state index in [4.69, 9.17) is 4.74 Å². The molecule has 4 atom stereocenters. The van der Waals surface area contributed by atoms with Gasteiger partial charge >= 0.3 is 5.97 Å². The lowest BCUT2D eigenvalue weighted by Gasteiger charge is -2.28. The lowest BCUT2D eigenvalue weighted by molar-refractivity contribution is -0.144. The third-order valence-electron chi connectivity index (χ3n) is 4.60. The highest BCUT2D eigenvalue weighted by molar-refractivity contribution is 6.45. The summed E-state index contributed by atoms with van der Waals surface area (Å²) in [7, 11) is 0. The molecule has 0 aliphatic carbocycles. The first-order valence-electron chi connectivity index (χ1n) is 9.24. The Morgan fingerprint density at radius 1 is 0.735 bits per heavy atom. The number of esters is 1. The van der Waals surface area contributed by atoms with Crippen molar-refractivity contribution in [1.82, 2.24) is 0 Å². The number of rotatable bonds is 9. The summed E-state index contributed by atoms with van der Waals surface area (Å²) in [5.41, 5.74) is -1.31. The average molecular weight is 484 g/mol. The SMILES string of the molecule is O=C(O[C@@H]([C@H](O)[C@@H](O)C(=O)C(=O)c1cc(O)c(O)c(O)c1)[C@H](O)CO)c1cc(O)c(O)c(O)c1. The first-order chi connectivity index (χ1) is 15.8. The minimum atomic E-state index is -2.66. The standard InChI is InChI=1S/C20H20O14/c21-5-12(26)19(34-20(33)7-3-10(24)15(29)11(25)4-7)18(32)17(31)16(30)13(27)6-1-8(22)14(28)9(23)2-6/h1-4,12,17-19,21-26,28-29,31-32H,5H2/t12-,17+,18-,19-/m1/s1. The minimum Gasteiger partial charge on any atom is -0.504 e. The zero-order chi connectivity index (χ0) is 25.9. The van der Waals surface area contributed by atoms with Gasteiger partial charge in [-0.3, -0.25) is 9.59 Å². The molecule has 0 bridgehead atoms. The molecule has 0 heterocycles. The summed E-state index contributed by atoms with van der Waals surface area (Å²) in [6.45, 7) is -1.16. The molecule has 0 spiro atoms. The molecule has 0 fully saturated rings. The van der Waals surface area contributed by atoms with Gasteiger partial charge in [0.1, 0.15) is 18.3 Å². The maximum Gasteiger partial charge on any atom is 0.338 e. The van der Waals surface area contributed by atoms with E-state index in [2.05, 4.69) is 0 Å². The van der Waals surface area contributed by atoms with Gasteiger partial charge in [-0.05, 0) is 24.3 Å². The van der Waals surface area contributed by atoms with E-state index >= 15 is 0 Å². The predicted octanol–water partition coefficient (Wildman–Crippen LogP) is -2.03. The van der Waals surface area contributed by atoms with Crippen LogP contribution in [0, 0.1) is 0 Å². The van der Waals surface area contributed by atoms with Gasteiger partial charge in [0.05, 0.1) is 12.2 Å². The normalized spacial score (nSPS) is 14.6. The molecule has 0 saturated carbocycles. The van der Waals surface area contributed by atoms with Crippen LogP contribution in [0.5, 0.6) is 34.5 Å². The highest BCUT2D eigenvalue weighted by Gasteiger charge is 2.41. The summed E-state index contributed by atoms with van der Waals surface area (Å²) < 4.78 is 4.77. The van der Waals surface area contributed by atoms with Gasteiger partial charge in [-0.2, -0.15) is 0 Å². The second-order valence-electron chi connectivity index (χ2n) is 6.97. The van der Waals surface area contributed by atoms with Crippen LogP contribution in [-0.4, -0.2) is 99.6 Å². The van der Waals surface area contributed by atoms with Crippen LogP contribution in [-0.2, 0) is 9.53 Å². The quantitative estimate of drug-likeness (QED) is 0.0796. The van der Waals surface area contributed by atoms with Gasteiger partial charge in [-0.15, -0.1) is 0 Å². The first-order valence-corrected chi connectivity index (χ1v) is 9.24. The van der Waals surface area contributed by atoms with Crippen LogP contribution in [0.25, 0.3) is 0 Å². The molecule has 0 amide bonds. The Morgan fingerprint density at radius 2 is 1.15 bits per heavy atom. The third kappa shape index (κ3) is 5.26. The van der Waals surface area contributed by atoms with Gasteiger partial charge in [-0.1, -0.05) is 0 Å². The van der Waals surface area contributed by atoms with Gasteiger partial charge in [0.15, 0.2) is 40.6 Å². The molecule has 34 heavy (non-hydrogen) atoms. The third-order valence-corrected chi connectivity index (χ3v) is 4.60. The molecule has 14 nitrogen and oxygen atoms in total. The van der Waals surface area contributed by atoms with E-state index in [1.54, 1.807) is 0 Å². The Morgan fingerprint density at radius 3 is 1.56 bits per heavy atom. The Hall–Kier alpha value is -4.11. The van der Waals surface area contributed by atoms with Crippen molar-refractivity contribution < 1.29 is 70.2 Å². The molecule has 0 aliphatic rings. The second-order valence-corrected chi connectivity index (χ2v) is 6.97. The number of ketones is 2. The van der Waals surface area contributed by atoms with Crippen molar-refractivity contribution in [3.05, 3.63) is 35.4 Å². The van der Waals surface area contributed by atoms with E-state index in [0.717, 1.165) is 0 Å². The summed E-state index contributed by atoms with van der Waals surface area (Å²) in [6, 6.07) is 2.44. The Bertz CT molecular complexity index is 1060. The number of Topliss-reactive ketones (excluding diaryl/α,β-unsaturated/α-hetero) is 2. The molecule has 2 rings (SSSR count). The summed E-state index contributed by atoms with van der Waals surface area (Å²) in [4.78, 5) is 36.9. The van der Waals surface area contributed by atoms with E-state index in [1.165, 1.54) is 0 Å². The summed E-state index contributed by atoms with van der Waals surface area (Å²) in [5, 5.41) is 96.0. The maximum absolute atomic E-state index is 12.3. The predicted molar refractivity (Wildman–Crippen MR) is 107 cm³/mol. The van der Waals surface area contributed by atoms with Crippen molar-refractivity contribution in [2.45, 2.75) is 24.4 Å². The largest absolute Gasteiger partial charge is 0.504 e. The molecule has 2 aromatic rings. The molecule has 0 aliphatic heterocycles. The number of hydrogen-bond acceptors (Lipinski definition) is 14. The number of aliphatic hydroxyl groups is 4. The lowest BCUT2D eigenvalue weighted by atomic mass is 9.95. The highest BCUT2D eigenvalue weighted by Crippen LogP contribution is 2.36. The fourth-order valence-corrected chi connectivity index (χ4v) is 2.74. The average Bonchev–Trinajstić information content (AvgIpc) is 2.80. The van der Waals surface area contributed by atoms with Crippen molar-refractivity contribution >= 4 is 17.5 Å². The van der Waals surface area contributed by atoms with Crippen molar-refractivity contribution in [1.29, 1.82) is 0 Å². The Balaban J connectivity index is 2.28. The smallest absolute Gasteiger partial charge is 0.338 e. The zero-order valence-corrected chi connectivity index (χ0v) is 16.9. The van der Waals surface area contributed by atoms with Gasteiger partial charge in [0.2, 0.25) is 11.6 Å². The van der Waals surface area contributed by atoms with E-state index in [9.17, 15) is 65.4 Å². The number of phenolic OH excluding ortho intramolecular Hbond substituents is 6. The highest BCUT2D eigenvalue weighted by atomic mass is 16.6. The van der Waals surface area contributed by atoms with Gasteiger partial charge in [0.25, 0.3) is 0 Å². The minimum absolute atomic E-state index is 0.582. The fourth-order valence-electron chi connectivity index (χ4n) is 2.74. The van der Waals surface area contributed by atoms with Crippen LogP contribution in [0.2, 0.25) is 0 Å². The number of ether oxygens (including phenoxy) is 1. The van der Waals surface area contributed by atoms with E-state index in [1.807, 2.05) is 0 Å². The lowest BCUT2D eigenvalue weighted by Crippen LogP contribution is -2.52. The number of aliphatic hydroxyl groups excluding tert-OH is 4. The van der Waals surface area contributed by atoms with Crippen LogP contribution >= 0.6 is 0 Å². The van der Waals surface area contributed by atoms with Crippen molar-refractivity contribution in [2.75, 3.05) is 6.61 Å². The number of carbonyl (C=O) groups is 3. The molecule has 0 saturated heterocycles. The molecule has 184 valence electrons.